The van der Waals surface area contributed by atoms with Gasteiger partial charge in [-0.1, -0.05) is 25.6 Å². The van der Waals surface area contributed by atoms with Crippen molar-refractivity contribution in [1.82, 2.24) is 15.3 Å². The minimum Gasteiger partial charge on any atom is -0.303 e. The van der Waals surface area contributed by atoms with E-state index < -0.39 is 0 Å². The second kappa shape index (κ2) is 6.60. The molecule has 0 unspecified atom stereocenters. The molecule has 1 saturated heterocycles. The van der Waals surface area contributed by atoms with E-state index in [2.05, 4.69) is 39.3 Å². The van der Waals surface area contributed by atoms with Gasteiger partial charge < -0.3 is 5.32 Å². The largest absolute Gasteiger partial charge is 0.303 e. The van der Waals surface area contributed by atoms with Crippen LogP contribution in [0.4, 0.5) is 0 Å². The van der Waals surface area contributed by atoms with Crippen molar-refractivity contribution in [2.24, 2.45) is 16.1 Å². The topological polar surface area (TPSA) is 79.6 Å². The molecule has 7 heteroatoms. The number of carbonyl (C=O) groups excluding carboxylic acids is 1. The summed E-state index contributed by atoms with van der Waals surface area (Å²) >= 11 is 1.34. The summed E-state index contributed by atoms with van der Waals surface area (Å²) in [5, 5.41) is 11.2. The van der Waals surface area contributed by atoms with Crippen molar-refractivity contribution >= 4 is 28.5 Å². The lowest BCUT2D eigenvalue weighted by atomic mass is 10.1. The molecule has 1 aromatic heterocycles. The Labute approximate surface area is 122 Å². The van der Waals surface area contributed by atoms with Gasteiger partial charge in [-0.25, -0.2) is 0 Å². The summed E-state index contributed by atoms with van der Waals surface area (Å²) in [6.07, 6.45) is 4.39. The third-order valence-corrected chi connectivity index (χ3v) is 3.43. The Balaban J connectivity index is 2.05. The average Bonchev–Trinajstić information content (AvgIpc) is 2.82. The van der Waals surface area contributed by atoms with Crippen molar-refractivity contribution < 1.29 is 4.79 Å². The van der Waals surface area contributed by atoms with Gasteiger partial charge >= 0.3 is 0 Å². The highest BCUT2D eigenvalue weighted by atomic mass is 32.2. The van der Waals surface area contributed by atoms with Crippen LogP contribution in [0.1, 0.15) is 32.2 Å². The average molecular weight is 291 g/mol. The zero-order valence-corrected chi connectivity index (χ0v) is 12.6. The molecule has 2 rings (SSSR count). The summed E-state index contributed by atoms with van der Waals surface area (Å²) in [4.78, 5) is 19.7. The Morgan fingerprint density at radius 1 is 1.45 bits per heavy atom. The molecular formula is C13H17N5OS. The zero-order chi connectivity index (χ0) is 14.5. The number of rotatable bonds is 4. The fourth-order valence-electron chi connectivity index (χ4n) is 1.62. The van der Waals surface area contributed by atoms with Crippen LogP contribution in [0, 0.1) is 5.92 Å². The first-order valence-electron chi connectivity index (χ1n) is 6.41. The van der Waals surface area contributed by atoms with Crippen LogP contribution in [0.3, 0.4) is 0 Å². The van der Waals surface area contributed by atoms with Crippen molar-refractivity contribution in [3.63, 3.8) is 0 Å². The summed E-state index contributed by atoms with van der Waals surface area (Å²) in [6.45, 7) is 6.11. The SMILES string of the molecule is C/C(=N\N=C1\NC(=O)CS1)c1cnc(CC(C)C)cn1. The standard InChI is InChI=1S/C13H17N5OS/c1-8(2)4-10-5-15-11(6-14-10)9(3)17-18-13-16-12(19)7-20-13/h5-6,8H,4,7H2,1-3H3,(H,16,18,19)/b17-9+. The van der Waals surface area contributed by atoms with Gasteiger partial charge in [0.15, 0.2) is 5.17 Å². The Kier molecular flexibility index (Phi) is 4.84. The minimum absolute atomic E-state index is 0.0422. The molecule has 0 spiro atoms. The maximum absolute atomic E-state index is 11.0. The Morgan fingerprint density at radius 3 is 2.80 bits per heavy atom. The molecule has 0 aromatic carbocycles. The van der Waals surface area contributed by atoms with Crippen molar-refractivity contribution in [2.75, 3.05) is 5.75 Å². The minimum atomic E-state index is -0.0422. The number of hydrogen-bond donors (Lipinski definition) is 1. The van der Waals surface area contributed by atoms with Gasteiger partial charge in [-0.2, -0.15) is 5.10 Å². The number of aromatic nitrogens is 2. The van der Waals surface area contributed by atoms with E-state index >= 15 is 0 Å². The van der Waals surface area contributed by atoms with Crippen LogP contribution in [0.2, 0.25) is 0 Å². The summed E-state index contributed by atoms with van der Waals surface area (Å²) in [5.41, 5.74) is 2.33. The summed E-state index contributed by atoms with van der Waals surface area (Å²) < 4.78 is 0. The number of amidine groups is 1. The van der Waals surface area contributed by atoms with Gasteiger partial charge in [-0.3, -0.25) is 14.8 Å². The van der Waals surface area contributed by atoms with Crippen LogP contribution < -0.4 is 5.32 Å². The fourth-order valence-corrected chi connectivity index (χ4v) is 2.24. The van der Waals surface area contributed by atoms with E-state index in [1.54, 1.807) is 12.4 Å². The van der Waals surface area contributed by atoms with E-state index in [1.807, 2.05) is 6.92 Å². The van der Waals surface area contributed by atoms with Crippen LogP contribution in [0.5, 0.6) is 0 Å². The molecule has 1 aliphatic rings. The monoisotopic (exact) mass is 291 g/mol. The van der Waals surface area contributed by atoms with Gasteiger partial charge in [-0.15, -0.1) is 5.10 Å². The second-order valence-electron chi connectivity index (χ2n) is 4.92. The molecule has 1 aliphatic heterocycles. The number of carbonyl (C=O) groups is 1. The van der Waals surface area contributed by atoms with Gasteiger partial charge in [0.2, 0.25) is 5.91 Å². The fraction of sp³-hybridized carbons (Fsp3) is 0.462. The van der Waals surface area contributed by atoms with Gasteiger partial charge in [-0.05, 0) is 19.3 Å². The molecule has 1 fully saturated rings. The molecule has 6 nitrogen and oxygen atoms in total. The first-order chi connectivity index (χ1) is 9.54. The maximum atomic E-state index is 11.0. The van der Waals surface area contributed by atoms with Crippen molar-refractivity contribution in [2.45, 2.75) is 27.2 Å². The highest BCUT2D eigenvalue weighted by Crippen LogP contribution is 2.09. The van der Waals surface area contributed by atoms with E-state index in [0.29, 0.717) is 28.2 Å². The predicted octanol–water partition coefficient (Wildman–Crippen LogP) is 1.62. The lowest BCUT2D eigenvalue weighted by Crippen LogP contribution is -2.19. The highest BCUT2D eigenvalue weighted by Gasteiger charge is 2.16. The van der Waals surface area contributed by atoms with Gasteiger partial charge in [0.25, 0.3) is 0 Å². The van der Waals surface area contributed by atoms with Crippen molar-refractivity contribution in [3.05, 3.63) is 23.8 Å². The number of amides is 1. The molecule has 0 aliphatic carbocycles. The lowest BCUT2D eigenvalue weighted by Gasteiger charge is -2.04. The highest BCUT2D eigenvalue weighted by molar-refractivity contribution is 8.15. The van der Waals surface area contributed by atoms with Crippen LogP contribution in [-0.4, -0.2) is 32.5 Å². The molecule has 1 amide bonds. The van der Waals surface area contributed by atoms with Crippen LogP contribution in [0.25, 0.3) is 0 Å². The van der Waals surface area contributed by atoms with E-state index in [1.165, 1.54) is 11.8 Å². The van der Waals surface area contributed by atoms with E-state index in [0.717, 1.165) is 12.1 Å². The summed E-state index contributed by atoms with van der Waals surface area (Å²) in [5.74, 6) is 0.913. The Bertz CT molecular complexity index is 550. The van der Waals surface area contributed by atoms with Crippen molar-refractivity contribution in [3.8, 4) is 0 Å². The zero-order valence-electron chi connectivity index (χ0n) is 11.8. The molecule has 1 aromatic rings. The molecule has 0 radical (unpaired) electrons. The third kappa shape index (κ3) is 4.12. The van der Waals surface area contributed by atoms with Crippen LogP contribution in [0.15, 0.2) is 22.6 Å². The van der Waals surface area contributed by atoms with Gasteiger partial charge in [0.05, 0.1) is 23.4 Å². The third-order valence-electron chi connectivity index (χ3n) is 2.57. The molecule has 0 saturated carbocycles. The van der Waals surface area contributed by atoms with Gasteiger partial charge in [0.1, 0.15) is 5.69 Å². The summed E-state index contributed by atoms with van der Waals surface area (Å²) in [6, 6.07) is 0. The normalized spacial score (nSPS) is 17.9. The molecule has 20 heavy (non-hydrogen) atoms. The van der Waals surface area contributed by atoms with E-state index in [4.69, 9.17) is 0 Å². The molecule has 0 atom stereocenters. The maximum Gasteiger partial charge on any atom is 0.236 e. The molecule has 106 valence electrons. The van der Waals surface area contributed by atoms with E-state index in [-0.39, 0.29) is 5.91 Å². The number of nitrogens with zero attached hydrogens (tertiary/aromatic N) is 4. The Hall–Kier alpha value is -1.76. The molecule has 1 N–H and O–H groups in total. The van der Waals surface area contributed by atoms with Crippen LogP contribution in [-0.2, 0) is 11.2 Å². The molecular weight excluding hydrogens is 274 g/mol. The Morgan fingerprint density at radius 2 is 2.25 bits per heavy atom. The first-order valence-corrected chi connectivity index (χ1v) is 7.39. The van der Waals surface area contributed by atoms with Gasteiger partial charge in [0, 0.05) is 6.20 Å². The first kappa shape index (κ1) is 14.6. The van der Waals surface area contributed by atoms with Crippen LogP contribution >= 0.6 is 11.8 Å². The molecule has 0 bridgehead atoms. The smallest absolute Gasteiger partial charge is 0.236 e. The summed E-state index contributed by atoms with van der Waals surface area (Å²) in [7, 11) is 0. The number of nitrogens with one attached hydrogen (secondary N) is 1. The number of hydrogen-bond acceptors (Lipinski definition) is 6. The van der Waals surface area contributed by atoms with E-state index in [9.17, 15) is 4.79 Å². The predicted molar refractivity (Wildman–Crippen MR) is 80.8 cm³/mol. The van der Waals surface area contributed by atoms with Crippen molar-refractivity contribution in [1.29, 1.82) is 0 Å². The molecule has 2 heterocycles. The second-order valence-corrected chi connectivity index (χ2v) is 5.88. The lowest BCUT2D eigenvalue weighted by molar-refractivity contribution is -0.116. The number of thioether (sulfide) groups is 1. The quantitative estimate of drug-likeness (QED) is 0.675.